The highest BCUT2D eigenvalue weighted by atomic mass is 35.5. The van der Waals surface area contributed by atoms with Crippen LogP contribution in [-0.2, 0) is 4.79 Å². The third-order valence-corrected chi connectivity index (χ3v) is 4.33. The molecule has 0 aliphatic rings. The Morgan fingerprint density at radius 3 is 2.30 bits per heavy atom. The normalized spacial score (nSPS) is 10.2. The van der Waals surface area contributed by atoms with Crippen molar-refractivity contribution in [3.8, 4) is 11.5 Å². The summed E-state index contributed by atoms with van der Waals surface area (Å²) in [7, 11) is 0. The molecule has 7 heteroatoms. The van der Waals surface area contributed by atoms with E-state index in [4.69, 9.17) is 21.1 Å². The van der Waals surface area contributed by atoms with Crippen LogP contribution in [0.3, 0.4) is 0 Å². The molecule has 0 fully saturated rings. The molecule has 0 heterocycles. The summed E-state index contributed by atoms with van der Waals surface area (Å²) in [5.74, 6) is 0.635. The Labute approximate surface area is 179 Å². The highest BCUT2D eigenvalue weighted by Gasteiger charge is 2.14. The predicted octanol–water partition coefficient (Wildman–Crippen LogP) is 5.01. The zero-order chi connectivity index (χ0) is 21.3. The standard InChI is InChI=1S/C23H21ClN2O4/c1-16(27)25-17-11-12-21(20(24)15-17)26-23(28)19-9-5-6-10-22(19)30-14-13-29-18-7-3-2-4-8-18/h2-12,15H,13-14H2,1H3,(H,25,27)(H,26,28). The van der Waals surface area contributed by atoms with Gasteiger partial charge in [-0.1, -0.05) is 41.9 Å². The van der Waals surface area contributed by atoms with E-state index in [2.05, 4.69) is 10.6 Å². The van der Waals surface area contributed by atoms with Crippen LogP contribution in [0.5, 0.6) is 11.5 Å². The van der Waals surface area contributed by atoms with Crippen molar-refractivity contribution in [3.05, 3.63) is 83.4 Å². The van der Waals surface area contributed by atoms with E-state index in [1.54, 1.807) is 42.5 Å². The third kappa shape index (κ3) is 5.99. The van der Waals surface area contributed by atoms with Crippen LogP contribution >= 0.6 is 11.6 Å². The van der Waals surface area contributed by atoms with Crippen LogP contribution in [0.1, 0.15) is 17.3 Å². The highest BCUT2D eigenvalue weighted by Crippen LogP contribution is 2.27. The maximum Gasteiger partial charge on any atom is 0.259 e. The van der Waals surface area contributed by atoms with Crippen LogP contribution in [0.2, 0.25) is 5.02 Å². The van der Waals surface area contributed by atoms with Crippen molar-refractivity contribution < 1.29 is 19.1 Å². The zero-order valence-electron chi connectivity index (χ0n) is 16.4. The molecule has 0 aromatic heterocycles. The van der Waals surface area contributed by atoms with Gasteiger partial charge >= 0.3 is 0 Å². The molecule has 30 heavy (non-hydrogen) atoms. The van der Waals surface area contributed by atoms with Crippen LogP contribution in [0, 0.1) is 0 Å². The number of carbonyl (C=O) groups excluding carboxylic acids is 2. The van der Waals surface area contributed by atoms with Crippen LogP contribution in [-0.4, -0.2) is 25.0 Å². The summed E-state index contributed by atoms with van der Waals surface area (Å²) in [6, 6.07) is 21.2. The predicted molar refractivity (Wildman–Crippen MR) is 118 cm³/mol. The molecule has 0 aliphatic heterocycles. The lowest BCUT2D eigenvalue weighted by molar-refractivity contribution is -0.114. The number of anilines is 2. The van der Waals surface area contributed by atoms with E-state index >= 15 is 0 Å². The van der Waals surface area contributed by atoms with E-state index in [0.717, 1.165) is 5.75 Å². The van der Waals surface area contributed by atoms with Crippen molar-refractivity contribution in [1.82, 2.24) is 0 Å². The van der Waals surface area contributed by atoms with Crippen molar-refractivity contribution in [2.24, 2.45) is 0 Å². The molecular weight excluding hydrogens is 404 g/mol. The minimum absolute atomic E-state index is 0.204. The summed E-state index contributed by atoms with van der Waals surface area (Å²) in [5, 5.41) is 5.72. The van der Waals surface area contributed by atoms with Crippen molar-refractivity contribution in [2.45, 2.75) is 6.92 Å². The monoisotopic (exact) mass is 424 g/mol. The van der Waals surface area contributed by atoms with Gasteiger partial charge in [-0.2, -0.15) is 0 Å². The van der Waals surface area contributed by atoms with Gasteiger partial charge in [0.05, 0.1) is 16.3 Å². The molecule has 2 amide bonds. The van der Waals surface area contributed by atoms with Gasteiger partial charge in [-0.3, -0.25) is 9.59 Å². The molecule has 0 bridgehead atoms. The van der Waals surface area contributed by atoms with E-state index in [0.29, 0.717) is 34.3 Å². The zero-order valence-corrected chi connectivity index (χ0v) is 17.1. The first kappa shape index (κ1) is 21.2. The van der Waals surface area contributed by atoms with Crippen LogP contribution in [0.15, 0.2) is 72.8 Å². The topological polar surface area (TPSA) is 76.7 Å². The number of benzene rings is 3. The van der Waals surface area contributed by atoms with Crippen molar-refractivity contribution in [2.75, 3.05) is 23.8 Å². The first-order valence-corrected chi connectivity index (χ1v) is 9.69. The van der Waals surface area contributed by atoms with Gasteiger partial charge < -0.3 is 20.1 Å². The lowest BCUT2D eigenvalue weighted by Gasteiger charge is -2.13. The van der Waals surface area contributed by atoms with Gasteiger partial charge in [0.15, 0.2) is 0 Å². The molecule has 0 unspecified atom stereocenters. The summed E-state index contributed by atoms with van der Waals surface area (Å²) in [6.45, 7) is 2.03. The average molecular weight is 425 g/mol. The van der Waals surface area contributed by atoms with Crippen LogP contribution in [0.4, 0.5) is 11.4 Å². The lowest BCUT2D eigenvalue weighted by atomic mass is 10.1. The number of amides is 2. The molecule has 0 atom stereocenters. The molecule has 3 aromatic carbocycles. The molecule has 0 radical (unpaired) electrons. The van der Waals surface area contributed by atoms with Crippen molar-refractivity contribution >= 4 is 34.8 Å². The number of hydrogen-bond donors (Lipinski definition) is 2. The first-order valence-electron chi connectivity index (χ1n) is 9.31. The Morgan fingerprint density at radius 2 is 1.57 bits per heavy atom. The fraction of sp³-hybridized carbons (Fsp3) is 0.130. The number of ether oxygens (including phenoxy) is 2. The summed E-state index contributed by atoms with van der Waals surface area (Å²) in [6.07, 6.45) is 0. The van der Waals surface area contributed by atoms with Crippen molar-refractivity contribution in [3.63, 3.8) is 0 Å². The van der Waals surface area contributed by atoms with Gasteiger partial charge in [-0.05, 0) is 42.5 Å². The number of rotatable bonds is 8. The number of halogens is 1. The van der Waals surface area contributed by atoms with Gasteiger partial charge in [0, 0.05) is 12.6 Å². The second-order valence-electron chi connectivity index (χ2n) is 6.34. The fourth-order valence-electron chi connectivity index (χ4n) is 2.70. The lowest BCUT2D eigenvalue weighted by Crippen LogP contribution is -2.16. The number of carbonyl (C=O) groups is 2. The number of hydrogen-bond acceptors (Lipinski definition) is 4. The summed E-state index contributed by atoms with van der Waals surface area (Å²) in [4.78, 5) is 23.9. The third-order valence-electron chi connectivity index (χ3n) is 4.02. The maximum absolute atomic E-state index is 12.8. The second kappa shape index (κ2) is 10.3. The smallest absolute Gasteiger partial charge is 0.259 e. The summed E-state index contributed by atoms with van der Waals surface area (Å²) < 4.78 is 11.3. The highest BCUT2D eigenvalue weighted by molar-refractivity contribution is 6.34. The van der Waals surface area contributed by atoms with Gasteiger partial charge in [-0.15, -0.1) is 0 Å². The molecular formula is C23H21ClN2O4. The molecule has 2 N–H and O–H groups in total. The van der Waals surface area contributed by atoms with Crippen LogP contribution < -0.4 is 20.1 Å². The van der Waals surface area contributed by atoms with E-state index in [9.17, 15) is 9.59 Å². The molecule has 154 valence electrons. The molecule has 0 saturated carbocycles. The molecule has 0 saturated heterocycles. The van der Waals surface area contributed by atoms with E-state index in [1.165, 1.54) is 6.92 Å². The Kier molecular flexibility index (Phi) is 7.29. The second-order valence-corrected chi connectivity index (χ2v) is 6.74. The number of para-hydroxylation sites is 2. The van der Waals surface area contributed by atoms with E-state index in [-0.39, 0.29) is 18.4 Å². The molecule has 3 rings (SSSR count). The van der Waals surface area contributed by atoms with Crippen molar-refractivity contribution in [1.29, 1.82) is 0 Å². The van der Waals surface area contributed by atoms with Crippen LogP contribution in [0.25, 0.3) is 0 Å². The molecule has 6 nitrogen and oxygen atoms in total. The van der Waals surface area contributed by atoms with E-state index in [1.807, 2.05) is 30.3 Å². The Balaban J connectivity index is 1.61. The quantitative estimate of drug-likeness (QED) is 0.498. The maximum atomic E-state index is 12.8. The minimum Gasteiger partial charge on any atom is -0.490 e. The largest absolute Gasteiger partial charge is 0.490 e. The minimum atomic E-state index is -0.358. The molecule has 0 aliphatic carbocycles. The fourth-order valence-corrected chi connectivity index (χ4v) is 2.92. The molecule has 0 spiro atoms. The van der Waals surface area contributed by atoms with Gasteiger partial charge in [0.1, 0.15) is 24.7 Å². The van der Waals surface area contributed by atoms with Gasteiger partial charge in [-0.25, -0.2) is 0 Å². The summed E-state index contributed by atoms with van der Waals surface area (Å²) in [5.41, 5.74) is 1.35. The van der Waals surface area contributed by atoms with Gasteiger partial charge in [0.25, 0.3) is 5.91 Å². The SMILES string of the molecule is CC(=O)Nc1ccc(NC(=O)c2ccccc2OCCOc2ccccc2)c(Cl)c1. The summed E-state index contributed by atoms with van der Waals surface area (Å²) >= 11 is 6.23. The van der Waals surface area contributed by atoms with E-state index < -0.39 is 0 Å². The average Bonchev–Trinajstić information content (AvgIpc) is 2.74. The van der Waals surface area contributed by atoms with Gasteiger partial charge in [0.2, 0.25) is 5.91 Å². The Morgan fingerprint density at radius 1 is 0.867 bits per heavy atom. The molecule has 3 aromatic rings. The Hall–Kier alpha value is -3.51. The first-order chi connectivity index (χ1) is 14.5. The Bertz CT molecular complexity index is 1020. The number of nitrogens with one attached hydrogen (secondary N) is 2.